The predicted molar refractivity (Wildman–Crippen MR) is 110 cm³/mol. The molecule has 4 rings (SSSR count). The minimum Gasteiger partial charge on any atom is -0.362 e. The van der Waals surface area contributed by atoms with Crippen molar-refractivity contribution in [1.82, 2.24) is 9.80 Å². The summed E-state index contributed by atoms with van der Waals surface area (Å²) >= 11 is 1.74. The van der Waals surface area contributed by atoms with Crippen molar-refractivity contribution in [3.8, 4) is 0 Å². The summed E-state index contributed by atoms with van der Waals surface area (Å²) in [5.41, 5.74) is -0.212. The van der Waals surface area contributed by atoms with Crippen molar-refractivity contribution in [3.63, 3.8) is 0 Å². The number of carbonyl (C=O) groups is 1. The molecule has 7 nitrogen and oxygen atoms in total. The van der Waals surface area contributed by atoms with Crippen LogP contribution in [-0.2, 0) is 23.9 Å². The van der Waals surface area contributed by atoms with E-state index in [1.165, 1.54) is 10.4 Å². The number of amides is 1. The van der Waals surface area contributed by atoms with Crippen molar-refractivity contribution >= 4 is 28.6 Å². The largest absolute Gasteiger partial charge is 0.416 e. The van der Waals surface area contributed by atoms with Gasteiger partial charge >= 0.3 is 6.18 Å². The average molecular weight is 454 g/mol. The van der Waals surface area contributed by atoms with E-state index in [0.29, 0.717) is 38.8 Å². The van der Waals surface area contributed by atoms with E-state index in [9.17, 15) is 28.1 Å². The standard InChI is InChI=1S/C20H21F3N4O3S/c21-20(22,23)15-1-2-16(17(11-15)27(29)30)25-6-8-26(9-7-25)19(28)13-24-5-3-18-14(12-24)4-10-31-18/h1-2,4,10-11H,3,5-9,12-13H2. The maximum atomic E-state index is 12.9. The van der Waals surface area contributed by atoms with Gasteiger partial charge in [-0.25, -0.2) is 0 Å². The van der Waals surface area contributed by atoms with Crippen molar-refractivity contribution in [2.75, 3.05) is 44.2 Å². The monoisotopic (exact) mass is 454 g/mol. The van der Waals surface area contributed by atoms with Gasteiger partial charge in [-0.05, 0) is 35.6 Å². The van der Waals surface area contributed by atoms with Crippen molar-refractivity contribution in [1.29, 1.82) is 0 Å². The number of carbonyl (C=O) groups excluding carboxylic acids is 1. The van der Waals surface area contributed by atoms with Gasteiger partial charge in [-0.2, -0.15) is 13.2 Å². The van der Waals surface area contributed by atoms with Gasteiger partial charge in [0.15, 0.2) is 0 Å². The Bertz CT molecular complexity index is 986. The van der Waals surface area contributed by atoms with E-state index in [0.717, 1.165) is 31.6 Å². The van der Waals surface area contributed by atoms with Crippen LogP contribution in [0.15, 0.2) is 29.6 Å². The zero-order valence-electron chi connectivity index (χ0n) is 16.6. The fraction of sp³-hybridized carbons (Fsp3) is 0.450. The number of alkyl halides is 3. The van der Waals surface area contributed by atoms with E-state index in [4.69, 9.17) is 0 Å². The quantitative estimate of drug-likeness (QED) is 0.523. The number of piperazine rings is 1. The van der Waals surface area contributed by atoms with E-state index in [1.807, 2.05) is 0 Å². The zero-order valence-corrected chi connectivity index (χ0v) is 17.4. The summed E-state index contributed by atoms with van der Waals surface area (Å²) in [4.78, 5) is 30.1. The van der Waals surface area contributed by atoms with Crippen LogP contribution in [-0.4, -0.2) is 59.9 Å². The molecule has 11 heteroatoms. The van der Waals surface area contributed by atoms with Crippen LogP contribution in [0.1, 0.15) is 16.0 Å². The number of nitro groups is 1. The van der Waals surface area contributed by atoms with E-state index in [2.05, 4.69) is 16.3 Å². The van der Waals surface area contributed by atoms with E-state index in [-0.39, 0.29) is 11.6 Å². The summed E-state index contributed by atoms with van der Waals surface area (Å²) in [7, 11) is 0. The third-order valence-electron chi connectivity index (χ3n) is 5.72. The highest BCUT2D eigenvalue weighted by Crippen LogP contribution is 2.36. The second-order valence-electron chi connectivity index (χ2n) is 7.66. The smallest absolute Gasteiger partial charge is 0.362 e. The van der Waals surface area contributed by atoms with Gasteiger partial charge in [-0.3, -0.25) is 19.8 Å². The number of hydrogen-bond acceptors (Lipinski definition) is 6. The molecule has 1 fully saturated rings. The van der Waals surface area contributed by atoms with Crippen LogP contribution in [0.4, 0.5) is 24.5 Å². The molecule has 31 heavy (non-hydrogen) atoms. The summed E-state index contributed by atoms with van der Waals surface area (Å²) in [6.07, 6.45) is -3.71. The van der Waals surface area contributed by atoms with Crippen LogP contribution in [0, 0.1) is 10.1 Å². The number of nitrogens with zero attached hydrogens (tertiary/aromatic N) is 4. The average Bonchev–Trinajstić information content (AvgIpc) is 3.20. The van der Waals surface area contributed by atoms with Crippen LogP contribution >= 0.6 is 11.3 Å². The van der Waals surface area contributed by atoms with Crippen molar-refractivity contribution in [2.24, 2.45) is 0 Å². The van der Waals surface area contributed by atoms with Gasteiger partial charge in [0.25, 0.3) is 5.69 Å². The molecule has 0 spiro atoms. The third-order valence-corrected chi connectivity index (χ3v) is 6.74. The van der Waals surface area contributed by atoms with Gasteiger partial charge in [0.05, 0.1) is 17.0 Å². The van der Waals surface area contributed by atoms with Crippen LogP contribution in [0.2, 0.25) is 0 Å². The molecule has 1 amide bonds. The molecule has 0 unspecified atom stereocenters. The fourth-order valence-corrected chi connectivity index (χ4v) is 4.93. The minimum absolute atomic E-state index is 0.000230. The molecule has 1 saturated heterocycles. The Morgan fingerprint density at radius 3 is 2.55 bits per heavy atom. The van der Waals surface area contributed by atoms with Crippen LogP contribution < -0.4 is 4.90 Å². The number of nitro benzene ring substituents is 1. The minimum atomic E-state index is -4.65. The number of anilines is 1. The molecule has 0 N–H and O–H groups in total. The number of benzene rings is 1. The molecule has 0 bridgehead atoms. The highest BCUT2D eigenvalue weighted by molar-refractivity contribution is 7.10. The molecule has 2 aromatic rings. The Labute approximate surface area is 180 Å². The van der Waals surface area contributed by atoms with E-state index in [1.54, 1.807) is 21.1 Å². The molecule has 0 atom stereocenters. The molecule has 0 saturated carbocycles. The predicted octanol–water partition coefficient (Wildman–Crippen LogP) is 3.38. The second-order valence-corrected chi connectivity index (χ2v) is 8.66. The molecule has 166 valence electrons. The van der Waals surface area contributed by atoms with Crippen LogP contribution in [0.25, 0.3) is 0 Å². The van der Waals surface area contributed by atoms with Gasteiger partial charge < -0.3 is 9.80 Å². The van der Waals surface area contributed by atoms with E-state index >= 15 is 0 Å². The summed E-state index contributed by atoms with van der Waals surface area (Å²) in [5, 5.41) is 13.4. The van der Waals surface area contributed by atoms with Crippen molar-refractivity contribution in [2.45, 2.75) is 19.1 Å². The number of thiophene rings is 1. The summed E-state index contributed by atoms with van der Waals surface area (Å²) in [6.45, 7) is 3.29. The first-order valence-corrected chi connectivity index (χ1v) is 10.8. The van der Waals surface area contributed by atoms with Gasteiger partial charge in [0, 0.05) is 50.2 Å². The molecule has 2 aliphatic heterocycles. The number of halogens is 3. The lowest BCUT2D eigenvalue weighted by Crippen LogP contribution is -2.51. The van der Waals surface area contributed by atoms with Gasteiger partial charge in [-0.1, -0.05) is 0 Å². The number of hydrogen-bond donors (Lipinski definition) is 0. The first-order valence-electron chi connectivity index (χ1n) is 9.88. The normalized spacial score (nSPS) is 17.5. The molecular weight excluding hydrogens is 433 g/mol. The van der Waals surface area contributed by atoms with Gasteiger partial charge in [-0.15, -0.1) is 11.3 Å². The number of fused-ring (bicyclic) bond motifs is 1. The SMILES string of the molecule is O=C(CN1CCc2sccc2C1)N1CCN(c2ccc(C(F)(F)F)cc2[N+](=O)[O-])CC1. The molecule has 2 aliphatic rings. The Hall–Kier alpha value is -2.66. The molecular formula is C20H21F3N4O3S. The number of rotatable bonds is 4. The molecule has 1 aromatic carbocycles. The first kappa shape index (κ1) is 21.6. The van der Waals surface area contributed by atoms with Gasteiger partial charge in [0.2, 0.25) is 5.91 Å². The molecule has 0 radical (unpaired) electrons. The van der Waals surface area contributed by atoms with Gasteiger partial charge in [0.1, 0.15) is 5.69 Å². The lowest BCUT2D eigenvalue weighted by atomic mass is 10.1. The Kier molecular flexibility index (Phi) is 5.89. The van der Waals surface area contributed by atoms with Crippen LogP contribution in [0.3, 0.4) is 0 Å². The maximum Gasteiger partial charge on any atom is 0.416 e. The molecule has 1 aromatic heterocycles. The second kappa shape index (κ2) is 8.46. The third kappa shape index (κ3) is 4.67. The Balaban J connectivity index is 1.37. The summed E-state index contributed by atoms with van der Waals surface area (Å²) < 4.78 is 38.8. The first-order chi connectivity index (χ1) is 14.7. The zero-order chi connectivity index (χ0) is 22.2. The summed E-state index contributed by atoms with van der Waals surface area (Å²) in [5.74, 6) is 0.000230. The molecule has 0 aliphatic carbocycles. The van der Waals surface area contributed by atoms with E-state index < -0.39 is 22.4 Å². The van der Waals surface area contributed by atoms with Crippen molar-refractivity contribution in [3.05, 3.63) is 55.8 Å². The summed E-state index contributed by atoms with van der Waals surface area (Å²) in [6, 6.07) is 4.66. The Morgan fingerprint density at radius 1 is 1.13 bits per heavy atom. The lowest BCUT2D eigenvalue weighted by molar-refractivity contribution is -0.384. The fourth-order valence-electron chi connectivity index (χ4n) is 4.04. The molecule has 3 heterocycles. The van der Waals surface area contributed by atoms with Crippen molar-refractivity contribution < 1.29 is 22.9 Å². The lowest BCUT2D eigenvalue weighted by Gasteiger charge is -2.37. The van der Waals surface area contributed by atoms with Crippen LogP contribution in [0.5, 0.6) is 0 Å². The highest BCUT2D eigenvalue weighted by atomic mass is 32.1. The topological polar surface area (TPSA) is 69.9 Å². The Morgan fingerprint density at radius 2 is 1.87 bits per heavy atom. The highest BCUT2D eigenvalue weighted by Gasteiger charge is 2.34. The maximum absolute atomic E-state index is 12.9.